The number of ketones is 1. The smallest absolute Gasteiger partial charge is 0.336 e. The van der Waals surface area contributed by atoms with Crippen molar-refractivity contribution in [1.29, 1.82) is 0 Å². The Bertz CT molecular complexity index is 1280. The zero-order chi connectivity index (χ0) is 25.4. The number of benzene rings is 2. The highest BCUT2D eigenvalue weighted by Crippen LogP contribution is 2.49. The number of allylic oxidation sites excluding steroid dienone is 3. The van der Waals surface area contributed by atoms with E-state index in [1.54, 1.807) is 12.1 Å². The molecule has 188 valence electrons. The van der Waals surface area contributed by atoms with Crippen LogP contribution in [0.5, 0.6) is 11.5 Å². The molecule has 0 fully saturated rings. The number of esters is 1. The number of nitrogens with one attached hydrogen (secondary N) is 1. The van der Waals surface area contributed by atoms with Gasteiger partial charge in [-0.25, -0.2) is 4.79 Å². The van der Waals surface area contributed by atoms with Gasteiger partial charge in [-0.05, 0) is 55.0 Å². The third-order valence-corrected chi connectivity index (χ3v) is 7.50. The van der Waals surface area contributed by atoms with Crippen LogP contribution >= 0.6 is 23.2 Å². The number of carbonyl (C=O) groups excluding carboxylic acids is 2. The van der Waals surface area contributed by atoms with Gasteiger partial charge in [0, 0.05) is 45.4 Å². The maximum absolute atomic E-state index is 13.7. The van der Waals surface area contributed by atoms with Crippen molar-refractivity contribution in [3.05, 3.63) is 80.1 Å². The van der Waals surface area contributed by atoms with Crippen molar-refractivity contribution in [2.75, 3.05) is 13.4 Å². The maximum atomic E-state index is 13.7. The van der Waals surface area contributed by atoms with Gasteiger partial charge in [-0.15, -0.1) is 0 Å². The summed E-state index contributed by atoms with van der Waals surface area (Å²) < 4.78 is 16.7. The SMILES string of the molecule is CCCCOC(=O)C1=C(C)NC2=C(C(=O)C[C@H](c3ccc(Cl)cc3)C2)[C@H]1c1cc2c(cc1Cl)OCO2. The summed E-state index contributed by atoms with van der Waals surface area (Å²) in [7, 11) is 0. The summed E-state index contributed by atoms with van der Waals surface area (Å²) in [6, 6.07) is 11.0. The monoisotopic (exact) mass is 527 g/mol. The van der Waals surface area contributed by atoms with Crippen LogP contribution in [0.3, 0.4) is 0 Å². The van der Waals surface area contributed by atoms with Crippen LogP contribution in [0, 0.1) is 0 Å². The van der Waals surface area contributed by atoms with Gasteiger partial charge in [0.25, 0.3) is 0 Å². The average molecular weight is 528 g/mol. The third kappa shape index (κ3) is 4.60. The van der Waals surface area contributed by atoms with E-state index in [1.165, 1.54) is 0 Å². The Kier molecular flexibility index (Phi) is 7.00. The molecule has 2 aromatic rings. The molecule has 0 saturated heterocycles. The van der Waals surface area contributed by atoms with Gasteiger partial charge in [0.2, 0.25) is 6.79 Å². The molecule has 1 aliphatic carbocycles. The van der Waals surface area contributed by atoms with Crippen molar-refractivity contribution in [3.8, 4) is 11.5 Å². The molecular weight excluding hydrogens is 501 g/mol. The quantitative estimate of drug-likeness (QED) is 0.344. The van der Waals surface area contributed by atoms with Gasteiger partial charge in [-0.1, -0.05) is 48.7 Å². The summed E-state index contributed by atoms with van der Waals surface area (Å²) in [4.78, 5) is 27.1. The normalized spacial score (nSPS) is 20.8. The molecule has 0 amide bonds. The van der Waals surface area contributed by atoms with Gasteiger partial charge < -0.3 is 19.5 Å². The minimum absolute atomic E-state index is 0.000233. The molecule has 0 saturated carbocycles. The summed E-state index contributed by atoms with van der Waals surface area (Å²) in [6.45, 7) is 4.28. The van der Waals surface area contributed by atoms with Crippen LogP contribution in [0.1, 0.15) is 62.5 Å². The summed E-state index contributed by atoms with van der Waals surface area (Å²) in [6.07, 6.45) is 2.60. The zero-order valence-electron chi connectivity index (χ0n) is 20.2. The lowest BCUT2D eigenvalue weighted by Gasteiger charge is -2.37. The highest BCUT2D eigenvalue weighted by molar-refractivity contribution is 6.32. The molecule has 0 bridgehead atoms. The number of rotatable bonds is 6. The summed E-state index contributed by atoms with van der Waals surface area (Å²) in [5.41, 5.74) is 4.06. The fourth-order valence-corrected chi connectivity index (χ4v) is 5.52. The van der Waals surface area contributed by atoms with E-state index in [0.717, 1.165) is 24.1 Å². The molecule has 5 rings (SSSR count). The van der Waals surface area contributed by atoms with Crippen LogP contribution in [-0.2, 0) is 14.3 Å². The number of dihydropyridines is 1. The lowest BCUT2D eigenvalue weighted by molar-refractivity contribution is -0.139. The van der Waals surface area contributed by atoms with Crippen molar-refractivity contribution in [3.63, 3.8) is 0 Å². The Hall–Kier alpha value is -2.96. The first-order chi connectivity index (χ1) is 17.4. The average Bonchev–Trinajstić information content (AvgIpc) is 3.30. The highest BCUT2D eigenvalue weighted by Gasteiger charge is 2.42. The second-order valence-electron chi connectivity index (χ2n) is 9.29. The van der Waals surface area contributed by atoms with Gasteiger partial charge >= 0.3 is 5.97 Å². The van der Waals surface area contributed by atoms with Gasteiger partial charge in [-0.3, -0.25) is 4.79 Å². The lowest BCUT2D eigenvalue weighted by atomic mass is 9.71. The highest BCUT2D eigenvalue weighted by atomic mass is 35.5. The standard InChI is InChI=1S/C28H27Cl2NO5/c1-3-4-9-34-28(33)25-15(2)31-21-10-17(16-5-7-18(29)8-6-16)11-22(32)27(21)26(25)19-12-23-24(13-20(19)30)36-14-35-23/h5-8,12-13,17,26,31H,3-4,9-11,14H2,1-2H3/t17-,26+/m1/s1. The van der Waals surface area contributed by atoms with E-state index in [1.807, 2.05) is 38.1 Å². The Morgan fingerprint density at radius 2 is 1.83 bits per heavy atom. The van der Waals surface area contributed by atoms with Crippen molar-refractivity contribution < 1.29 is 23.8 Å². The largest absolute Gasteiger partial charge is 0.462 e. The fourth-order valence-electron chi connectivity index (χ4n) is 5.13. The molecule has 1 N–H and O–H groups in total. The molecule has 2 atom stereocenters. The van der Waals surface area contributed by atoms with Crippen LogP contribution in [0.2, 0.25) is 10.0 Å². The fraction of sp³-hybridized carbons (Fsp3) is 0.357. The van der Waals surface area contributed by atoms with Crippen LogP contribution in [0.15, 0.2) is 58.9 Å². The Labute approximate surface area is 220 Å². The Balaban J connectivity index is 1.58. The van der Waals surface area contributed by atoms with E-state index in [2.05, 4.69) is 5.32 Å². The molecular formula is C28H27Cl2NO5. The second kappa shape index (κ2) is 10.2. The molecule has 0 unspecified atom stereocenters. The third-order valence-electron chi connectivity index (χ3n) is 6.92. The first-order valence-corrected chi connectivity index (χ1v) is 12.9. The minimum Gasteiger partial charge on any atom is -0.462 e. The van der Waals surface area contributed by atoms with E-state index < -0.39 is 11.9 Å². The molecule has 0 spiro atoms. The number of carbonyl (C=O) groups is 2. The molecule has 8 heteroatoms. The van der Waals surface area contributed by atoms with E-state index in [0.29, 0.717) is 63.4 Å². The molecule has 6 nitrogen and oxygen atoms in total. The van der Waals surface area contributed by atoms with E-state index >= 15 is 0 Å². The molecule has 3 aliphatic rings. The van der Waals surface area contributed by atoms with Crippen LogP contribution in [0.4, 0.5) is 0 Å². The minimum atomic E-state index is -0.670. The molecule has 2 heterocycles. The molecule has 36 heavy (non-hydrogen) atoms. The van der Waals surface area contributed by atoms with Crippen molar-refractivity contribution >= 4 is 35.0 Å². The lowest BCUT2D eigenvalue weighted by Crippen LogP contribution is -2.36. The molecule has 2 aromatic carbocycles. The van der Waals surface area contributed by atoms with Gasteiger partial charge in [-0.2, -0.15) is 0 Å². The Morgan fingerprint density at radius 3 is 2.56 bits per heavy atom. The van der Waals surface area contributed by atoms with E-state index in [9.17, 15) is 9.59 Å². The molecule has 0 aromatic heterocycles. The number of unbranched alkanes of at least 4 members (excludes halogenated alkanes) is 1. The number of hydrogen-bond donors (Lipinski definition) is 1. The number of fused-ring (bicyclic) bond motifs is 1. The van der Waals surface area contributed by atoms with Gasteiger partial charge in [0.1, 0.15) is 0 Å². The van der Waals surface area contributed by atoms with Crippen molar-refractivity contribution in [2.24, 2.45) is 0 Å². The maximum Gasteiger partial charge on any atom is 0.336 e. The van der Waals surface area contributed by atoms with Gasteiger partial charge in [0.15, 0.2) is 17.3 Å². The Morgan fingerprint density at radius 1 is 1.11 bits per heavy atom. The number of ether oxygens (including phenoxy) is 3. The van der Waals surface area contributed by atoms with Crippen LogP contribution < -0.4 is 14.8 Å². The first kappa shape index (κ1) is 24.7. The van der Waals surface area contributed by atoms with E-state index in [-0.39, 0.29) is 18.5 Å². The summed E-state index contributed by atoms with van der Waals surface area (Å²) in [5, 5.41) is 4.42. The van der Waals surface area contributed by atoms with Crippen molar-refractivity contribution in [1.82, 2.24) is 5.32 Å². The topological polar surface area (TPSA) is 73.9 Å². The molecule has 0 radical (unpaired) electrons. The predicted molar refractivity (Wildman–Crippen MR) is 137 cm³/mol. The summed E-state index contributed by atoms with van der Waals surface area (Å²) in [5.74, 6) is -0.0814. The number of hydrogen-bond acceptors (Lipinski definition) is 6. The van der Waals surface area contributed by atoms with Gasteiger partial charge in [0.05, 0.1) is 12.2 Å². The number of halogens is 2. The zero-order valence-corrected chi connectivity index (χ0v) is 21.7. The van der Waals surface area contributed by atoms with Crippen LogP contribution in [0.25, 0.3) is 0 Å². The second-order valence-corrected chi connectivity index (χ2v) is 10.1. The van der Waals surface area contributed by atoms with Crippen LogP contribution in [-0.4, -0.2) is 25.2 Å². The summed E-state index contributed by atoms with van der Waals surface area (Å²) >= 11 is 12.8. The number of Topliss-reactive ketones (excluding diaryl/α,β-unsaturated/α-hetero) is 1. The first-order valence-electron chi connectivity index (χ1n) is 12.1. The molecule has 2 aliphatic heterocycles. The predicted octanol–water partition coefficient (Wildman–Crippen LogP) is 6.43. The van der Waals surface area contributed by atoms with E-state index in [4.69, 9.17) is 37.4 Å². The van der Waals surface area contributed by atoms with Crippen molar-refractivity contribution in [2.45, 2.75) is 51.4 Å².